The minimum atomic E-state index is -0.635. The molecule has 19 heavy (non-hydrogen) atoms. The molecule has 1 unspecified atom stereocenters. The summed E-state index contributed by atoms with van der Waals surface area (Å²) in [5, 5.41) is 11.8. The lowest BCUT2D eigenvalue weighted by molar-refractivity contribution is -0.122. The van der Waals surface area contributed by atoms with Crippen LogP contribution in [-0.4, -0.2) is 18.6 Å². The summed E-state index contributed by atoms with van der Waals surface area (Å²) >= 11 is 3.34. The maximum atomic E-state index is 11.7. The van der Waals surface area contributed by atoms with Gasteiger partial charge >= 0.3 is 0 Å². The van der Waals surface area contributed by atoms with Crippen molar-refractivity contribution in [2.24, 2.45) is 0 Å². The van der Waals surface area contributed by atoms with Crippen molar-refractivity contribution in [3.8, 4) is 6.07 Å². The predicted octanol–water partition coefficient (Wildman–Crippen LogP) is 2.95. The molecule has 1 amide bonds. The van der Waals surface area contributed by atoms with E-state index in [1.807, 2.05) is 38.1 Å². The van der Waals surface area contributed by atoms with E-state index in [4.69, 9.17) is 10.00 Å². The molecule has 0 saturated carbocycles. The molecule has 0 saturated heterocycles. The Bertz CT molecular complexity index is 469. The second kappa shape index (κ2) is 7.93. The number of hydrogen-bond acceptors (Lipinski definition) is 3. The second-order valence-electron chi connectivity index (χ2n) is 4.35. The Morgan fingerprint density at radius 1 is 1.53 bits per heavy atom. The largest absolute Gasteiger partial charge is 0.378 e. The van der Waals surface area contributed by atoms with Crippen molar-refractivity contribution in [2.45, 2.75) is 32.4 Å². The Labute approximate surface area is 121 Å². The van der Waals surface area contributed by atoms with E-state index < -0.39 is 6.04 Å². The van der Waals surface area contributed by atoms with Gasteiger partial charge in [-0.1, -0.05) is 28.1 Å². The molecule has 1 rings (SSSR count). The van der Waals surface area contributed by atoms with Crippen molar-refractivity contribution in [2.75, 3.05) is 6.61 Å². The summed E-state index contributed by atoms with van der Waals surface area (Å²) in [7, 11) is 0. The first-order chi connectivity index (χ1) is 9.02. The highest BCUT2D eigenvalue weighted by atomic mass is 79.9. The van der Waals surface area contributed by atoms with Crippen LogP contribution in [0.5, 0.6) is 0 Å². The SMILES string of the molecule is CC(C)OCCC(=O)NC(C#N)c1cccc(Br)c1. The molecule has 1 atom stereocenters. The van der Waals surface area contributed by atoms with Crippen LogP contribution in [0.4, 0.5) is 0 Å². The summed E-state index contributed by atoms with van der Waals surface area (Å²) in [5.41, 5.74) is 0.759. The lowest BCUT2D eigenvalue weighted by Gasteiger charge is -2.13. The third kappa shape index (κ3) is 5.86. The van der Waals surface area contributed by atoms with E-state index in [9.17, 15) is 4.79 Å². The monoisotopic (exact) mass is 324 g/mol. The van der Waals surface area contributed by atoms with E-state index in [1.165, 1.54) is 0 Å². The zero-order chi connectivity index (χ0) is 14.3. The predicted molar refractivity (Wildman–Crippen MR) is 76.3 cm³/mol. The van der Waals surface area contributed by atoms with Gasteiger partial charge in [-0.3, -0.25) is 4.79 Å². The third-order valence-corrected chi connectivity index (χ3v) is 2.89. The minimum Gasteiger partial charge on any atom is -0.378 e. The molecule has 1 aromatic carbocycles. The van der Waals surface area contributed by atoms with Crippen molar-refractivity contribution < 1.29 is 9.53 Å². The first kappa shape index (κ1) is 15.7. The average molecular weight is 325 g/mol. The molecule has 102 valence electrons. The number of carbonyl (C=O) groups excluding carboxylic acids is 1. The van der Waals surface area contributed by atoms with Crippen LogP contribution in [0.1, 0.15) is 31.9 Å². The normalized spacial score (nSPS) is 11.9. The van der Waals surface area contributed by atoms with E-state index in [1.54, 1.807) is 0 Å². The third-order valence-electron chi connectivity index (χ3n) is 2.40. The smallest absolute Gasteiger partial charge is 0.223 e. The van der Waals surface area contributed by atoms with Crippen molar-refractivity contribution in [3.63, 3.8) is 0 Å². The standard InChI is InChI=1S/C14H17BrN2O2/c1-10(2)19-7-6-14(18)17-13(9-16)11-4-3-5-12(15)8-11/h3-5,8,10,13H,6-7H2,1-2H3,(H,17,18). The van der Waals surface area contributed by atoms with Crippen molar-refractivity contribution in [3.05, 3.63) is 34.3 Å². The molecule has 0 heterocycles. The molecular weight excluding hydrogens is 308 g/mol. The molecule has 4 nitrogen and oxygen atoms in total. The maximum absolute atomic E-state index is 11.7. The van der Waals surface area contributed by atoms with E-state index in [-0.39, 0.29) is 18.4 Å². The number of rotatable bonds is 6. The number of nitrogens with zero attached hydrogens (tertiary/aromatic N) is 1. The number of hydrogen-bond donors (Lipinski definition) is 1. The van der Waals surface area contributed by atoms with Gasteiger partial charge in [-0.2, -0.15) is 5.26 Å². The number of nitriles is 1. The summed E-state index contributed by atoms with van der Waals surface area (Å²) < 4.78 is 6.18. The van der Waals surface area contributed by atoms with Gasteiger partial charge in [-0.15, -0.1) is 0 Å². The Balaban J connectivity index is 2.53. The summed E-state index contributed by atoms with van der Waals surface area (Å²) in [6.07, 6.45) is 0.356. The van der Waals surface area contributed by atoms with Gasteiger partial charge < -0.3 is 10.1 Å². The van der Waals surface area contributed by atoms with E-state index in [0.29, 0.717) is 6.61 Å². The van der Waals surface area contributed by atoms with Crippen LogP contribution in [0.2, 0.25) is 0 Å². The van der Waals surface area contributed by atoms with E-state index >= 15 is 0 Å². The van der Waals surface area contributed by atoms with E-state index in [2.05, 4.69) is 27.3 Å². The molecule has 0 aliphatic rings. The number of amides is 1. The van der Waals surface area contributed by atoms with Crippen LogP contribution in [0.25, 0.3) is 0 Å². The van der Waals surface area contributed by atoms with Crippen molar-refractivity contribution in [1.29, 1.82) is 5.26 Å². The van der Waals surface area contributed by atoms with Crippen LogP contribution in [-0.2, 0) is 9.53 Å². The number of benzene rings is 1. The highest BCUT2D eigenvalue weighted by molar-refractivity contribution is 9.10. The Morgan fingerprint density at radius 3 is 2.84 bits per heavy atom. The molecule has 1 N–H and O–H groups in total. The van der Waals surface area contributed by atoms with Crippen molar-refractivity contribution >= 4 is 21.8 Å². The molecular formula is C14H17BrN2O2. The zero-order valence-electron chi connectivity index (χ0n) is 11.0. The van der Waals surface area contributed by atoms with Crippen LogP contribution in [0.3, 0.4) is 0 Å². The zero-order valence-corrected chi connectivity index (χ0v) is 12.6. The molecule has 0 aliphatic heterocycles. The van der Waals surface area contributed by atoms with Gasteiger partial charge in [0, 0.05) is 4.47 Å². The highest BCUT2D eigenvalue weighted by Gasteiger charge is 2.13. The summed E-state index contributed by atoms with van der Waals surface area (Å²) in [5.74, 6) is -0.188. The summed E-state index contributed by atoms with van der Waals surface area (Å²) in [6, 6.07) is 8.78. The van der Waals surface area contributed by atoms with Gasteiger partial charge in [-0.25, -0.2) is 0 Å². The molecule has 0 fully saturated rings. The summed E-state index contributed by atoms with van der Waals surface area (Å²) in [6.45, 7) is 4.19. The van der Waals surface area contributed by atoms with Gasteiger partial charge in [0.25, 0.3) is 0 Å². The molecule has 5 heteroatoms. The van der Waals surface area contributed by atoms with Gasteiger partial charge in [0.05, 0.1) is 25.2 Å². The summed E-state index contributed by atoms with van der Waals surface area (Å²) in [4.78, 5) is 11.7. The minimum absolute atomic E-state index is 0.102. The number of nitrogens with one attached hydrogen (secondary N) is 1. The topological polar surface area (TPSA) is 62.1 Å². The van der Waals surface area contributed by atoms with Gasteiger partial charge in [0.15, 0.2) is 0 Å². The highest BCUT2D eigenvalue weighted by Crippen LogP contribution is 2.17. The van der Waals surface area contributed by atoms with Crippen LogP contribution >= 0.6 is 15.9 Å². The van der Waals surface area contributed by atoms with Crippen LogP contribution in [0, 0.1) is 11.3 Å². The first-order valence-electron chi connectivity index (χ1n) is 6.09. The molecule has 0 bridgehead atoms. The second-order valence-corrected chi connectivity index (χ2v) is 5.27. The molecule has 0 radical (unpaired) electrons. The Hall–Kier alpha value is -1.38. The fraction of sp³-hybridized carbons (Fsp3) is 0.429. The molecule has 1 aromatic rings. The quantitative estimate of drug-likeness (QED) is 0.875. The van der Waals surface area contributed by atoms with Crippen LogP contribution in [0.15, 0.2) is 28.7 Å². The van der Waals surface area contributed by atoms with Crippen molar-refractivity contribution in [1.82, 2.24) is 5.32 Å². The fourth-order valence-electron chi connectivity index (χ4n) is 1.50. The maximum Gasteiger partial charge on any atom is 0.223 e. The van der Waals surface area contributed by atoms with E-state index in [0.717, 1.165) is 10.0 Å². The Morgan fingerprint density at radius 2 is 2.26 bits per heavy atom. The fourth-order valence-corrected chi connectivity index (χ4v) is 1.91. The number of carbonyl (C=O) groups is 1. The van der Waals surface area contributed by atoms with Gasteiger partial charge in [0.1, 0.15) is 6.04 Å². The Kier molecular flexibility index (Phi) is 6.54. The lowest BCUT2D eigenvalue weighted by Crippen LogP contribution is -2.28. The molecule has 0 aliphatic carbocycles. The average Bonchev–Trinajstić information content (AvgIpc) is 2.35. The lowest BCUT2D eigenvalue weighted by atomic mass is 10.1. The van der Waals surface area contributed by atoms with Crippen LogP contribution < -0.4 is 5.32 Å². The van der Waals surface area contributed by atoms with Gasteiger partial charge in [-0.05, 0) is 31.5 Å². The number of halogens is 1. The molecule has 0 spiro atoms. The first-order valence-corrected chi connectivity index (χ1v) is 6.88. The molecule has 0 aromatic heterocycles. The van der Waals surface area contributed by atoms with Gasteiger partial charge in [0.2, 0.25) is 5.91 Å². The number of ether oxygens (including phenoxy) is 1.